The van der Waals surface area contributed by atoms with Gasteiger partial charge in [-0.05, 0) is 25.7 Å². The molecule has 11 heteroatoms. The fraction of sp³-hybridized carbons (Fsp3) is 0.353. The average molecular weight is 396 g/mol. The van der Waals surface area contributed by atoms with Crippen LogP contribution >= 0.6 is 0 Å². The summed E-state index contributed by atoms with van der Waals surface area (Å²) in [6, 6.07) is 0.456. The van der Waals surface area contributed by atoms with E-state index in [0.717, 1.165) is 7.11 Å². The van der Waals surface area contributed by atoms with Crippen molar-refractivity contribution >= 4 is 29.2 Å². The second-order valence-electron chi connectivity index (χ2n) is 6.10. The molecule has 0 radical (unpaired) electrons. The van der Waals surface area contributed by atoms with E-state index in [9.17, 15) is 33.3 Å². The third kappa shape index (κ3) is 3.08. The molecule has 1 heterocycles. The monoisotopic (exact) mass is 396 g/mol. The predicted molar refractivity (Wildman–Crippen MR) is 88.5 cm³/mol. The second kappa shape index (κ2) is 7.33. The Bertz CT molecular complexity index is 914. The summed E-state index contributed by atoms with van der Waals surface area (Å²) in [7, 11) is 1.03. The highest BCUT2D eigenvalue weighted by Gasteiger charge is 2.44. The summed E-state index contributed by atoms with van der Waals surface area (Å²) in [5.41, 5.74) is -2.10. The second-order valence-corrected chi connectivity index (χ2v) is 6.10. The Morgan fingerprint density at radius 2 is 1.79 bits per heavy atom. The summed E-state index contributed by atoms with van der Waals surface area (Å²) < 4.78 is 38.6. The number of hydrogen-bond donors (Lipinski definition) is 0. The summed E-state index contributed by atoms with van der Waals surface area (Å²) >= 11 is 0. The third-order valence-corrected chi connectivity index (χ3v) is 4.50. The highest BCUT2D eigenvalue weighted by Crippen LogP contribution is 2.42. The molecule has 148 valence electrons. The highest BCUT2D eigenvalue weighted by atomic mass is 19.1. The number of hydrogen-bond acceptors (Lipinski definition) is 7. The van der Waals surface area contributed by atoms with Gasteiger partial charge in [-0.15, -0.1) is 0 Å². The van der Waals surface area contributed by atoms with Gasteiger partial charge in [0, 0.05) is 17.2 Å². The van der Waals surface area contributed by atoms with Crippen LogP contribution in [0.4, 0.5) is 20.2 Å². The van der Waals surface area contributed by atoms with Crippen LogP contribution in [0.3, 0.4) is 0 Å². The van der Waals surface area contributed by atoms with Crippen LogP contribution in [-0.2, 0) is 19.1 Å². The Morgan fingerprint density at radius 1 is 1.21 bits per heavy atom. The molecule has 2 amide bonds. The Balaban J connectivity index is 2.07. The lowest BCUT2D eigenvalue weighted by Crippen LogP contribution is -2.33. The quantitative estimate of drug-likeness (QED) is 0.324. The van der Waals surface area contributed by atoms with E-state index in [1.807, 2.05) is 0 Å². The van der Waals surface area contributed by atoms with E-state index in [1.54, 1.807) is 0 Å². The standard InChI is InChI=1S/C17H14F2N2O7/c1-27-12(22)7-28-11-6-10(18)14(13(19)15(11)21(25)26)20-16(23)8-4-2-3-5-9(8)17(20)24/h6H,2-5,7H2,1H3. The van der Waals surface area contributed by atoms with Crippen LogP contribution in [0, 0.1) is 21.7 Å². The SMILES string of the molecule is COC(=O)COc1cc(F)c(N2C(=O)C3=C(CCCC3)C2=O)c(F)c1[N+](=O)[O-]. The number of carbonyl (C=O) groups is 3. The molecule has 0 atom stereocenters. The zero-order valence-corrected chi connectivity index (χ0v) is 14.6. The Labute approximate surface area is 156 Å². The predicted octanol–water partition coefficient (Wildman–Crippen LogP) is 2.17. The Kier molecular flexibility index (Phi) is 5.08. The zero-order chi connectivity index (χ0) is 20.6. The van der Waals surface area contributed by atoms with Crippen LogP contribution in [0.15, 0.2) is 17.2 Å². The van der Waals surface area contributed by atoms with Crippen molar-refractivity contribution in [3.63, 3.8) is 0 Å². The van der Waals surface area contributed by atoms with Gasteiger partial charge in [-0.2, -0.15) is 4.39 Å². The van der Waals surface area contributed by atoms with Crippen molar-refractivity contribution in [2.24, 2.45) is 0 Å². The number of methoxy groups -OCH3 is 1. The molecule has 0 spiro atoms. The minimum Gasteiger partial charge on any atom is -0.475 e. The number of esters is 1. The molecule has 1 aliphatic carbocycles. The molecule has 0 N–H and O–H groups in total. The number of nitrogens with zero attached hydrogens (tertiary/aromatic N) is 2. The van der Waals surface area contributed by atoms with Gasteiger partial charge in [-0.1, -0.05) is 0 Å². The summed E-state index contributed by atoms with van der Waals surface area (Å²) in [6.45, 7) is -0.826. The van der Waals surface area contributed by atoms with Gasteiger partial charge in [0.2, 0.25) is 11.6 Å². The topological polar surface area (TPSA) is 116 Å². The van der Waals surface area contributed by atoms with Crippen LogP contribution in [0.25, 0.3) is 0 Å². The van der Waals surface area contributed by atoms with E-state index in [2.05, 4.69) is 4.74 Å². The van der Waals surface area contributed by atoms with Crippen LogP contribution in [0.5, 0.6) is 5.75 Å². The number of rotatable bonds is 5. The molecule has 0 saturated carbocycles. The fourth-order valence-corrected chi connectivity index (χ4v) is 3.20. The number of halogens is 2. The van der Waals surface area contributed by atoms with Crippen molar-refractivity contribution in [3.8, 4) is 5.75 Å². The molecule has 0 bridgehead atoms. The number of imide groups is 1. The van der Waals surface area contributed by atoms with Crippen LogP contribution in [-0.4, -0.2) is 36.4 Å². The molecule has 1 aromatic rings. The van der Waals surface area contributed by atoms with E-state index in [4.69, 9.17) is 4.74 Å². The number of carbonyl (C=O) groups excluding carboxylic acids is 3. The number of anilines is 1. The van der Waals surface area contributed by atoms with Crippen molar-refractivity contribution in [2.45, 2.75) is 25.7 Å². The lowest BCUT2D eigenvalue weighted by molar-refractivity contribution is -0.388. The molecule has 0 fully saturated rings. The van der Waals surface area contributed by atoms with E-state index < -0.39 is 58.1 Å². The summed E-state index contributed by atoms with van der Waals surface area (Å²) in [6.07, 6.45) is 1.89. The molecule has 3 rings (SSSR count). The molecule has 0 saturated heterocycles. The van der Waals surface area contributed by atoms with Crippen molar-refractivity contribution in [1.29, 1.82) is 0 Å². The number of nitro groups is 1. The fourth-order valence-electron chi connectivity index (χ4n) is 3.20. The molecule has 1 aliphatic heterocycles. The Morgan fingerprint density at radius 3 is 2.29 bits per heavy atom. The summed E-state index contributed by atoms with van der Waals surface area (Å²) in [4.78, 5) is 46.6. The highest BCUT2D eigenvalue weighted by molar-refractivity contribution is 6.33. The Hall–Kier alpha value is -3.37. The molecule has 28 heavy (non-hydrogen) atoms. The van der Waals surface area contributed by atoms with E-state index in [0.29, 0.717) is 31.7 Å². The maximum atomic E-state index is 14.9. The third-order valence-electron chi connectivity index (χ3n) is 4.50. The molecule has 1 aromatic carbocycles. The van der Waals surface area contributed by atoms with Crippen molar-refractivity contribution < 1.29 is 37.6 Å². The average Bonchev–Trinajstić information content (AvgIpc) is 2.91. The van der Waals surface area contributed by atoms with Crippen LogP contribution < -0.4 is 9.64 Å². The first kappa shape index (κ1) is 19.4. The van der Waals surface area contributed by atoms with E-state index in [1.165, 1.54) is 0 Å². The molecule has 2 aliphatic rings. The maximum Gasteiger partial charge on any atom is 0.348 e. The van der Waals surface area contributed by atoms with Crippen molar-refractivity contribution in [3.05, 3.63) is 39.0 Å². The number of benzene rings is 1. The van der Waals surface area contributed by atoms with Gasteiger partial charge in [0.15, 0.2) is 12.4 Å². The van der Waals surface area contributed by atoms with Gasteiger partial charge in [0.1, 0.15) is 5.69 Å². The first-order valence-electron chi connectivity index (χ1n) is 8.24. The van der Waals surface area contributed by atoms with Crippen molar-refractivity contribution in [1.82, 2.24) is 0 Å². The van der Waals surface area contributed by atoms with Gasteiger partial charge < -0.3 is 9.47 Å². The van der Waals surface area contributed by atoms with Gasteiger partial charge in [0.25, 0.3) is 11.8 Å². The summed E-state index contributed by atoms with van der Waals surface area (Å²) in [5.74, 6) is -6.74. The van der Waals surface area contributed by atoms with Gasteiger partial charge in [-0.25, -0.2) is 14.1 Å². The molecule has 0 aromatic heterocycles. The lowest BCUT2D eigenvalue weighted by Gasteiger charge is -2.18. The number of amides is 2. The molecule has 0 unspecified atom stereocenters. The first-order chi connectivity index (χ1) is 13.3. The summed E-state index contributed by atoms with van der Waals surface area (Å²) in [5, 5.41) is 11.3. The maximum absolute atomic E-state index is 14.9. The van der Waals surface area contributed by atoms with Crippen molar-refractivity contribution in [2.75, 3.05) is 18.6 Å². The minimum absolute atomic E-state index is 0.170. The van der Waals surface area contributed by atoms with Crippen LogP contribution in [0.2, 0.25) is 0 Å². The van der Waals surface area contributed by atoms with Gasteiger partial charge in [-0.3, -0.25) is 19.7 Å². The number of ether oxygens (including phenoxy) is 2. The normalized spacial score (nSPS) is 16.3. The zero-order valence-electron chi connectivity index (χ0n) is 14.6. The molecular formula is C17H14F2N2O7. The number of nitro benzene ring substituents is 1. The first-order valence-corrected chi connectivity index (χ1v) is 8.24. The van der Waals surface area contributed by atoms with E-state index >= 15 is 0 Å². The molecule has 9 nitrogen and oxygen atoms in total. The van der Waals surface area contributed by atoms with Gasteiger partial charge in [0.05, 0.1) is 12.0 Å². The van der Waals surface area contributed by atoms with Gasteiger partial charge >= 0.3 is 11.7 Å². The lowest BCUT2D eigenvalue weighted by atomic mass is 9.93. The van der Waals surface area contributed by atoms with Crippen LogP contribution in [0.1, 0.15) is 25.7 Å². The molecular weight excluding hydrogens is 382 g/mol. The van der Waals surface area contributed by atoms with E-state index in [-0.39, 0.29) is 16.0 Å². The largest absolute Gasteiger partial charge is 0.475 e. The smallest absolute Gasteiger partial charge is 0.348 e. The minimum atomic E-state index is -1.74.